The van der Waals surface area contributed by atoms with E-state index < -0.39 is 6.10 Å². The first-order valence-corrected chi connectivity index (χ1v) is 12.4. The second-order valence-electron chi connectivity index (χ2n) is 9.52. The number of β-amino-alcohol motifs (C(OH)–C–C–N with tert-alkyl or cyclic N) is 1. The van der Waals surface area contributed by atoms with E-state index >= 15 is 0 Å². The van der Waals surface area contributed by atoms with Crippen molar-refractivity contribution in [3.63, 3.8) is 0 Å². The van der Waals surface area contributed by atoms with E-state index in [1.165, 1.54) is 0 Å². The zero-order chi connectivity index (χ0) is 24.8. The van der Waals surface area contributed by atoms with Gasteiger partial charge in [0.25, 0.3) is 0 Å². The van der Waals surface area contributed by atoms with E-state index in [4.69, 9.17) is 4.84 Å². The molecule has 0 bridgehead atoms. The Morgan fingerprint density at radius 3 is 2.86 bits per heavy atom. The van der Waals surface area contributed by atoms with Gasteiger partial charge < -0.3 is 15.0 Å². The third-order valence-corrected chi connectivity index (χ3v) is 6.78. The number of nitrogens with zero attached hydrogens (tertiary/aromatic N) is 6. The highest BCUT2D eigenvalue weighted by Gasteiger charge is 2.32. The van der Waals surface area contributed by atoms with Crippen LogP contribution >= 0.6 is 0 Å². The number of anilines is 2. The van der Waals surface area contributed by atoms with Gasteiger partial charge in [-0.05, 0) is 44.9 Å². The van der Waals surface area contributed by atoms with Crippen molar-refractivity contribution in [2.75, 3.05) is 18.5 Å². The average molecular weight is 488 g/mol. The Labute approximate surface area is 208 Å². The Kier molecular flexibility index (Phi) is 5.79. The molecule has 10 heteroatoms. The standard InChI is InChI=1S/C26H29N7O3/c1-3-31-14-22(25(35)17-4-5-17)21-10-19(6-7-23(21)31)28-26-27-9-8-24(29-26)33-12-18(16(2)30-33)11-32-13-20(34)15-36-32/h6-10,12,14,17,20,34H,3-5,11,13,15H2,1-2H3,(H,27,28,29). The SMILES string of the molecule is CCn1cc(C(=O)C2CC2)c2cc(Nc3nccc(-n4cc(CN5CC(O)CO5)c(C)n4)n3)ccc21. The Balaban J connectivity index is 1.25. The first kappa shape index (κ1) is 22.8. The molecule has 6 rings (SSSR count). The molecule has 36 heavy (non-hydrogen) atoms. The Morgan fingerprint density at radius 1 is 1.25 bits per heavy atom. The normalized spacial score (nSPS) is 18.2. The van der Waals surface area contributed by atoms with Crippen LogP contribution in [0, 0.1) is 12.8 Å². The number of ketones is 1. The summed E-state index contributed by atoms with van der Waals surface area (Å²) in [5.41, 5.74) is 4.53. The van der Waals surface area contributed by atoms with Gasteiger partial charge in [0.1, 0.15) is 0 Å². The van der Waals surface area contributed by atoms with Crippen LogP contribution in [0.3, 0.4) is 0 Å². The third-order valence-electron chi connectivity index (χ3n) is 6.78. The fourth-order valence-electron chi connectivity index (χ4n) is 4.66. The van der Waals surface area contributed by atoms with Crippen molar-refractivity contribution in [2.45, 2.75) is 45.9 Å². The summed E-state index contributed by atoms with van der Waals surface area (Å²) in [6.45, 7) is 6.17. The van der Waals surface area contributed by atoms with E-state index in [-0.39, 0.29) is 11.7 Å². The van der Waals surface area contributed by atoms with E-state index in [2.05, 4.69) is 31.9 Å². The molecule has 1 aliphatic carbocycles. The molecule has 2 aliphatic rings. The van der Waals surface area contributed by atoms with Crippen LogP contribution in [0.25, 0.3) is 16.7 Å². The molecule has 1 atom stereocenters. The average Bonchev–Trinajstić information content (AvgIpc) is 3.41. The van der Waals surface area contributed by atoms with Crippen molar-refractivity contribution >= 4 is 28.3 Å². The van der Waals surface area contributed by atoms with Gasteiger partial charge in [-0.3, -0.25) is 9.63 Å². The Morgan fingerprint density at radius 2 is 2.11 bits per heavy atom. The lowest BCUT2D eigenvalue weighted by molar-refractivity contribution is -0.118. The van der Waals surface area contributed by atoms with Crippen LogP contribution in [0.4, 0.5) is 11.6 Å². The predicted octanol–water partition coefficient (Wildman–Crippen LogP) is 3.39. The van der Waals surface area contributed by atoms with Gasteiger partial charge in [-0.1, -0.05) is 0 Å². The lowest BCUT2D eigenvalue weighted by atomic mass is 10.1. The highest BCUT2D eigenvalue weighted by atomic mass is 16.7. The molecule has 1 saturated heterocycles. The number of benzene rings is 1. The van der Waals surface area contributed by atoms with Crippen LogP contribution in [0.2, 0.25) is 0 Å². The number of hydrogen-bond acceptors (Lipinski definition) is 8. The molecule has 0 amide bonds. The van der Waals surface area contributed by atoms with Gasteiger partial charge in [-0.15, -0.1) is 0 Å². The van der Waals surface area contributed by atoms with Crippen molar-refractivity contribution in [1.82, 2.24) is 29.4 Å². The van der Waals surface area contributed by atoms with Crippen molar-refractivity contribution in [1.29, 1.82) is 0 Å². The van der Waals surface area contributed by atoms with Gasteiger partial charge in [-0.25, -0.2) is 9.67 Å². The predicted molar refractivity (Wildman–Crippen MR) is 134 cm³/mol. The van der Waals surface area contributed by atoms with E-state index in [1.807, 2.05) is 37.5 Å². The zero-order valence-electron chi connectivity index (χ0n) is 20.4. The summed E-state index contributed by atoms with van der Waals surface area (Å²) >= 11 is 0. The van der Waals surface area contributed by atoms with Gasteiger partial charge in [0, 0.05) is 64.8 Å². The number of hydrogen-bond donors (Lipinski definition) is 2. The first-order chi connectivity index (χ1) is 17.5. The summed E-state index contributed by atoms with van der Waals surface area (Å²) in [6, 6.07) is 7.83. The number of carbonyl (C=O) groups excluding carboxylic acids is 1. The number of rotatable bonds is 8. The molecule has 3 aromatic heterocycles. The minimum Gasteiger partial charge on any atom is -0.389 e. The Hall–Kier alpha value is -3.60. The minimum atomic E-state index is -0.460. The largest absolute Gasteiger partial charge is 0.389 e. The summed E-state index contributed by atoms with van der Waals surface area (Å²) < 4.78 is 3.85. The number of Topliss-reactive ketones (excluding diaryl/α,β-unsaturated/α-hetero) is 1. The van der Waals surface area contributed by atoms with Crippen LogP contribution in [0.15, 0.2) is 42.9 Å². The fraction of sp³-hybridized carbons (Fsp3) is 0.385. The maximum atomic E-state index is 12.9. The minimum absolute atomic E-state index is 0.169. The quantitative estimate of drug-likeness (QED) is 0.364. The second kappa shape index (κ2) is 9.12. The maximum absolute atomic E-state index is 12.9. The van der Waals surface area contributed by atoms with Crippen molar-refractivity contribution in [3.05, 3.63) is 59.7 Å². The number of aliphatic hydroxyl groups is 1. The van der Waals surface area contributed by atoms with Crippen molar-refractivity contribution in [2.24, 2.45) is 5.92 Å². The molecule has 2 fully saturated rings. The highest BCUT2D eigenvalue weighted by molar-refractivity contribution is 6.10. The van der Waals surface area contributed by atoms with E-state index in [1.54, 1.807) is 22.0 Å². The molecule has 1 saturated carbocycles. The first-order valence-electron chi connectivity index (χ1n) is 12.4. The van der Waals surface area contributed by atoms with Crippen LogP contribution < -0.4 is 5.32 Å². The molecule has 0 spiro atoms. The zero-order valence-corrected chi connectivity index (χ0v) is 20.4. The number of aryl methyl sites for hydroxylation is 2. The number of aliphatic hydroxyl groups excluding tert-OH is 1. The summed E-state index contributed by atoms with van der Waals surface area (Å²) in [4.78, 5) is 27.4. The smallest absolute Gasteiger partial charge is 0.229 e. The third kappa shape index (κ3) is 4.39. The molecule has 4 heterocycles. The molecular weight excluding hydrogens is 458 g/mol. The van der Waals surface area contributed by atoms with Gasteiger partial charge in [0.2, 0.25) is 5.95 Å². The van der Waals surface area contributed by atoms with Crippen LogP contribution in [0.1, 0.15) is 41.4 Å². The summed E-state index contributed by atoms with van der Waals surface area (Å²) in [7, 11) is 0. The van der Waals surface area contributed by atoms with Gasteiger partial charge in [0.15, 0.2) is 11.6 Å². The van der Waals surface area contributed by atoms with Crippen molar-refractivity contribution in [3.8, 4) is 5.82 Å². The van der Waals surface area contributed by atoms with Gasteiger partial charge >= 0.3 is 0 Å². The number of aromatic nitrogens is 5. The molecule has 1 aliphatic heterocycles. The number of hydroxylamine groups is 2. The maximum Gasteiger partial charge on any atom is 0.229 e. The van der Waals surface area contributed by atoms with E-state index in [0.717, 1.165) is 52.8 Å². The molecule has 1 aromatic carbocycles. The van der Waals surface area contributed by atoms with Gasteiger partial charge in [0.05, 0.1) is 31.5 Å². The summed E-state index contributed by atoms with van der Waals surface area (Å²) in [5.74, 6) is 1.48. The number of fused-ring (bicyclic) bond motifs is 1. The lowest BCUT2D eigenvalue weighted by Gasteiger charge is -2.12. The van der Waals surface area contributed by atoms with Crippen LogP contribution in [0.5, 0.6) is 0 Å². The van der Waals surface area contributed by atoms with Crippen molar-refractivity contribution < 1.29 is 14.7 Å². The molecule has 1 unspecified atom stereocenters. The second-order valence-corrected chi connectivity index (χ2v) is 9.52. The molecule has 2 N–H and O–H groups in total. The molecular formula is C26H29N7O3. The topological polar surface area (TPSA) is 110 Å². The lowest BCUT2D eigenvalue weighted by Crippen LogP contribution is -2.20. The Bertz CT molecular complexity index is 1440. The van der Waals surface area contributed by atoms with E-state index in [9.17, 15) is 9.90 Å². The van der Waals surface area contributed by atoms with Gasteiger partial charge in [-0.2, -0.15) is 15.1 Å². The van der Waals surface area contributed by atoms with Crippen LogP contribution in [-0.2, 0) is 17.9 Å². The fourth-order valence-corrected chi connectivity index (χ4v) is 4.66. The molecule has 10 nitrogen and oxygen atoms in total. The summed E-state index contributed by atoms with van der Waals surface area (Å²) in [6.07, 6.45) is 7.10. The monoisotopic (exact) mass is 487 g/mol. The number of nitrogens with one attached hydrogen (secondary N) is 1. The summed E-state index contributed by atoms with van der Waals surface area (Å²) in [5, 5.41) is 20.3. The van der Waals surface area contributed by atoms with Crippen LogP contribution in [-0.4, -0.2) is 59.5 Å². The molecule has 4 aromatic rings. The molecule has 186 valence electrons. The highest BCUT2D eigenvalue weighted by Crippen LogP contribution is 2.36. The number of carbonyl (C=O) groups is 1. The molecule has 0 radical (unpaired) electrons. The van der Waals surface area contributed by atoms with E-state index in [0.29, 0.717) is 31.5 Å².